The minimum absolute atomic E-state index is 0.585. The average Bonchev–Trinajstić information content (AvgIpc) is 3.23. The van der Waals surface area contributed by atoms with E-state index in [1.807, 2.05) is 30.3 Å². The molecular formula is C14H16N4. The molecule has 0 saturated heterocycles. The fraction of sp³-hybridized carbons (Fsp3) is 0.286. The highest BCUT2D eigenvalue weighted by Gasteiger charge is 2.30. The highest BCUT2D eigenvalue weighted by Crippen LogP contribution is 2.32. The van der Waals surface area contributed by atoms with Crippen LogP contribution in [0.4, 0.5) is 11.5 Å². The molecule has 0 amide bonds. The molecule has 4 nitrogen and oxygen atoms in total. The summed E-state index contributed by atoms with van der Waals surface area (Å²) in [5.74, 6) is 0.934. The van der Waals surface area contributed by atoms with Gasteiger partial charge in [0.15, 0.2) is 5.82 Å². The zero-order chi connectivity index (χ0) is 12.4. The number of anilines is 2. The van der Waals surface area contributed by atoms with Gasteiger partial charge in [0.25, 0.3) is 0 Å². The molecule has 1 fully saturated rings. The van der Waals surface area contributed by atoms with Crippen LogP contribution >= 0.6 is 0 Å². The molecular weight excluding hydrogens is 224 g/mol. The van der Waals surface area contributed by atoms with Crippen LogP contribution in [0, 0.1) is 0 Å². The molecule has 3 rings (SSSR count). The zero-order valence-electron chi connectivity index (χ0n) is 10.2. The molecule has 0 aliphatic heterocycles. The van der Waals surface area contributed by atoms with E-state index < -0.39 is 0 Å². The molecule has 1 aromatic carbocycles. The molecule has 2 N–H and O–H groups in total. The lowest BCUT2D eigenvalue weighted by atomic mass is 10.1. The van der Waals surface area contributed by atoms with Gasteiger partial charge in [-0.3, -0.25) is 0 Å². The number of hydrogen-bond donors (Lipinski definition) is 1. The summed E-state index contributed by atoms with van der Waals surface area (Å²) >= 11 is 0. The van der Waals surface area contributed by atoms with Crippen molar-refractivity contribution in [2.75, 3.05) is 10.6 Å². The minimum atomic E-state index is 0.585. The number of nitrogens with two attached hydrogens (primary N) is 1. The van der Waals surface area contributed by atoms with Crippen molar-refractivity contribution < 1.29 is 0 Å². The Hall–Kier alpha value is -2.10. The van der Waals surface area contributed by atoms with E-state index in [4.69, 9.17) is 5.73 Å². The molecule has 4 heteroatoms. The van der Waals surface area contributed by atoms with Crippen molar-refractivity contribution in [3.63, 3.8) is 0 Å². The van der Waals surface area contributed by atoms with Gasteiger partial charge in [-0.2, -0.15) is 5.10 Å². The van der Waals surface area contributed by atoms with Crippen molar-refractivity contribution in [1.82, 2.24) is 10.2 Å². The van der Waals surface area contributed by atoms with Crippen LogP contribution in [0.3, 0.4) is 0 Å². The van der Waals surface area contributed by atoms with E-state index in [9.17, 15) is 0 Å². The molecule has 0 bridgehead atoms. The molecule has 1 heterocycles. The van der Waals surface area contributed by atoms with Gasteiger partial charge in [-0.25, -0.2) is 0 Å². The Bertz CT molecular complexity index is 522. The second-order valence-corrected chi connectivity index (χ2v) is 4.64. The summed E-state index contributed by atoms with van der Waals surface area (Å²) in [7, 11) is 0. The Morgan fingerprint density at radius 3 is 2.67 bits per heavy atom. The summed E-state index contributed by atoms with van der Waals surface area (Å²) in [6.45, 7) is 0.802. The largest absolute Gasteiger partial charge is 0.398 e. The fourth-order valence-electron chi connectivity index (χ4n) is 2.09. The van der Waals surface area contributed by atoms with Crippen molar-refractivity contribution >= 4 is 11.5 Å². The monoisotopic (exact) mass is 240 g/mol. The van der Waals surface area contributed by atoms with E-state index in [2.05, 4.69) is 21.2 Å². The summed E-state index contributed by atoms with van der Waals surface area (Å²) in [6.07, 6.45) is 4.15. The summed E-state index contributed by atoms with van der Waals surface area (Å²) in [6, 6.07) is 12.5. The lowest BCUT2D eigenvalue weighted by Gasteiger charge is -2.23. The molecule has 2 aromatic rings. The number of aromatic nitrogens is 2. The lowest BCUT2D eigenvalue weighted by Crippen LogP contribution is -2.26. The minimum Gasteiger partial charge on any atom is -0.398 e. The van der Waals surface area contributed by atoms with Crippen LogP contribution in [0.5, 0.6) is 0 Å². The van der Waals surface area contributed by atoms with Gasteiger partial charge in [-0.15, -0.1) is 5.10 Å². The van der Waals surface area contributed by atoms with Crippen LogP contribution in [-0.2, 0) is 6.54 Å². The smallest absolute Gasteiger partial charge is 0.151 e. The third-order valence-electron chi connectivity index (χ3n) is 3.24. The quantitative estimate of drug-likeness (QED) is 0.833. The highest BCUT2D eigenvalue weighted by atomic mass is 15.3. The Balaban J connectivity index is 1.86. The number of hydrogen-bond acceptors (Lipinski definition) is 4. The topological polar surface area (TPSA) is 55.0 Å². The molecule has 0 atom stereocenters. The predicted octanol–water partition coefficient (Wildman–Crippen LogP) is 2.23. The number of nitrogen functional groups attached to an aromatic ring is 1. The highest BCUT2D eigenvalue weighted by molar-refractivity contribution is 5.50. The molecule has 18 heavy (non-hydrogen) atoms. The molecule has 1 aromatic heterocycles. The summed E-state index contributed by atoms with van der Waals surface area (Å²) in [5.41, 5.74) is 7.99. The molecule has 0 radical (unpaired) electrons. The Morgan fingerprint density at radius 2 is 2.00 bits per heavy atom. The van der Waals surface area contributed by atoms with E-state index in [-0.39, 0.29) is 0 Å². The van der Waals surface area contributed by atoms with Crippen molar-refractivity contribution in [2.24, 2.45) is 0 Å². The molecule has 1 saturated carbocycles. The standard InChI is InChI=1S/C14H16N4/c15-13-5-2-1-4-11(13)10-18(12-7-8-12)14-6-3-9-16-17-14/h1-6,9,12H,7-8,10,15H2. The van der Waals surface area contributed by atoms with Gasteiger partial charge in [0.2, 0.25) is 0 Å². The van der Waals surface area contributed by atoms with Crippen LogP contribution < -0.4 is 10.6 Å². The van der Waals surface area contributed by atoms with E-state index in [1.54, 1.807) is 6.20 Å². The lowest BCUT2D eigenvalue weighted by molar-refractivity contribution is 0.765. The first-order valence-electron chi connectivity index (χ1n) is 6.22. The van der Waals surface area contributed by atoms with Crippen LogP contribution in [0.15, 0.2) is 42.6 Å². The maximum atomic E-state index is 6.00. The van der Waals surface area contributed by atoms with E-state index in [0.29, 0.717) is 6.04 Å². The number of rotatable bonds is 4. The second kappa shape index (κ2) is 4.64. The normalized spacial score (nSPS) is 14.4. The van der Waals surface area contributed by atoms with Gasteiger partial charge in [-0.1, -0.05) is 18.2 Å². The van der Waals surface area contributed by atoms with Gasteiger partial charge in [-0.05, 0) is 36.6 Å². The van der Waals surface area contributed by atoms with E-state index >= 15 is 0 Å². The molecule has 92 valence electrons. The fourth-order valence-corrected chi connectivity index (χ4v) is 2.09. The van der Waals surface area contributed by atoms with E-state index in [1.165, 1.54) is 12.8 Å². The summed E-state index contributed by atoms with van der Waals surface area (Å²) in [5, 5.41) is 8.16. The maximum absolute atomic E-state index is 6.00. The molecule has 1 aliphatic rings. The van der Waals surface area contributed by atoms with Gasteiger partial charge < -0.3 is 10.6 Å². The SMILES string of the molecule is Nc1ccccc1CN(c1cccnn1)C1CC1. The zero-order valence-corrected chi connectivity index (χ0v) is 10.2. The van der Waals surface area contributed by atoms with Crippen molar-refractivity contribution in [2.45, 2.75) is 25.4 Å². The van der Waals surface area contributed by atoms with E-state index in [0.717, 1.165) is 23.6 Å². The van der Waals surface area contributed by atoms with Gasteiger partial charge >= 0.3 is 0 Å². The summed E-state index contributed by atoms with van der Waals surface area (Å²) < 4.78 is 0. The van der Waals surface area contributed by atoms with Crippen LogP contribution in [0.2, 0.25) is 0 Å². The maximum Gasteiger partial charge on any atom is 0.151 e. The van der Waals surface area contributed by atoms with Crippen LogP contribution in [0.1, 0.15) is 18.4 Å². The van der Waals surface area contributed by atoms with Crippen molar-refractivity contribution in [1.29, 1.82) is 0 Å². The predicted molar refractivity (Wildman–Crippen MR) is 72.1 cm³/mol. The average molecular weight is 240 g/mol. The summed E-state index contributed by atoms with van der Waals surface area (Å²) in [4.78, 5) is 2.29. The number of benzene rings is 1. The first-order valence-corrected chi connectivity index (χ1v) is 6.22. The first kappa shape index (κ1) is 11.0. The molecule has 0 unspecified atom stereocenters. The Kier molecular flexibility index (Phi) is 2.84. The van der Waals surface area contributed by atoms with Gasteiger partial charge in [0, 0.05) is 24.5 Å². The molecule has 1 aliphatic carbocycles. The van der Waals surface area contributed by atoms with Crippen molar-refractivity contribution in [3.8, 4) is 0 Å². The number of para-hydroxylation sites is 1. The third-order valence-corrected chi connectivity index (χ3v) is 3.24. The second-order valence-electron chi connectivity index (χ2n) is 4.64. The Labute approximate surface area is 106 Å². The first-order chi connectivity index (χ1) is 8.84. The van der Waals surface area contributed by atoms with Crippen LogP contribution in [0.25, 0.3) is 0 Å². The number of nitrogens with zero attached hydrogens (tertiary/aromatic N) is 3. The molecule has 0 spiro atoms. The van der Waals surface area contributed by atoms with Crippen LogP contribution in [-0.4, -0.2) is 16.2 Å². The van der Waals surface area contributed by atoms with Gasteiger partial charge in [0.1, 0.15) is 0 Å². The third kappa shape index (κ3) is 2.27. The van der Waals surface area contributed by atoms with Crippen molar-refractivity contribution in [3.05, 3.63) is 48.2 Å². The van der Waals surface area contributed by atoms with Gasteiger partial charge in [0.05, 0.1) is 0 Å². The Morgan fingerprint density at radius 1 is 1.17 bits per heavy atom.